The van der Waals surface area contributed by atoms with Gasteiger partial charge >= 0.3 is 0 Å². The maximum atomic E-state index is 12.5. The summed E-state index contributed by atoms with van der Waals surface area (Å²) in [6, 6.07) is 21.5. The molecule has 3 aromatic rings. The Morgan fingerprint density at radius 1 is 0.842 bits per heavy atom. The molecule has 0 radical (unpaired) electrons. The van der Waals surface area contributed by atoms with Crippen molar-refractivity contribution in [2.75, 3.05) is 0 Å². The number of aryl methyl sites for hydroxylation is 1. The SMILES string of the molecule is Cc1ccc2c(C(=O)c3ccccc3)cccc2c1. The van der Waals surface area contributed by atoms with E-state index in [0.717, 1.165) is 21.9 Å². The highest BCUT2D eigenvalue weighted by atomic mass is 16.1. The maximum absolute atomic E-state index is 12.5. The summed E-state index contributed by atoms with van der Waals surface area (Å²) in [5, 5.41) is 2.13. The summed E-state index contributed by atoms with van der Waals surface area (Å²) in [5.74, 6) is 0.0788. The number of carbonyl (C=O) groups is 1. The highest BCUT2D eigenvalue weighted by Crippen LogP contribution is 2.22. The van der Waals surface area contributed by atoms with Crippen LogP contribution in [0.4, 0.5) is 0 Å². The summed E-state index contributed by atoms with van der Waals surface area (Å²) in [6.45, 7) is 2.06. The van der Waals surface area contributed by atoms with Crippen LogP contribution in [-0.2, 0) is 0 Å². The van der Waals surface area contributed by atoms with Crippen molar-refractivity contribution in [2.24, 2.45) is 0 Å². The number of rotatable bonds is 2. The zero-order chi connectivity index (χ0) is 13.2. The average molecular weight is 246 g/mol. The second-order valence-electron chi connectivity index (χ2n) is 4.73. The lowest BCUT2D eigenvalue weighted by atomic mass is 9.96. The summed E-state index contributed by atoms with van der Waals surface area (Å²) in [5.41, 5.74) is 2.70. The first kappa shape index (κ1) is 11.7. The van der Waals surface area contributed by atoms with Crippen LogP contribution in [0.3, 0.4) is 0 Å². The number of benzene rings is 3. The van der Waals surface area contributed by atoms with Gasteiger partial charge in [0, 0.05) is 11.1 Å². The molecule has 0 aliphatic rings. The smallest absolute Gasteiger partial charge is 0.193 e. The fourth-order valence-corrected chi connectivity index (χ4v) is 2.35. The van der Waals surface area contributed by atoms with E-state index in [9.17, 15) is 4.79 Å². The third-order valence-corrected chi connectivity index (χ3v) is 3.32. The molecule has 0 atom stereocenters. The van der Waals surface area contributed by atoms with Gasteiger partial charge in [0.1, 0.15) is 0 Å². The number of hydrogen-bond acceptors (Lipinski definition) is 1. The molecule has 0 saturated heterocycles. The lowest BCUT2D eigenvalue weighted by Gasteiger charge is -2.06. The summed E-state index contributed by atoms with van der Waals surface area (Å²) < 4.78 is 0. The predicted molar refractivity (Wildman–Crippen MR) is 78.6 cm³/mol. The van der Waals surface area contributed by atoms with Crippen LogP contribution in [0.2, 0.25) is 0 Å². The molecule has 0 unspecified atom stereocenters. The third kappa shape index (κ3) is 2.15. The molecule has 0 aromatic heterocycles. The highest BCUT2D eigenvalue weighted by molar-refractivity contribution is 6.16. The zero-order valence-corrected chi connectivity index (χ0v) is 10.8. The minimum Gasteiger partial charge on any atom is -0.289 e. The Hall–Kier alpha value is -2.41. The van der Waals surface area contributed by atoms with E-state index in [4.69, 9.17) is 0 Å². The predicted octanol–water partition coefficient (Wildman–Crippen LogP) is 4.38. The molecule has 0 saturated carbocycles. The Labute approximate surface area is 112 Å². The van der Waals surface area contributed by atoms with Crippen LogP contribution in [0.15, 0.2) is 66.7 Å². The molecule has 1 nitrogen and oxygen atoms in total. The maximum Gasteiger partial charge on any atom is 0.193 e. The van der Waals surface area contributed by atoms with Crippen LogP contribution in [-0.4, -0.2) is 5.78 Å². The van der Waals surface area contributed by atoms with Crippen molar-refractivity contribution >= 4 is 16.6 Å². The Bertz CT molecular complexity index is 742. The molecule has 92 valence electrons. The average Bonchev–Trinajstić information content (AvgIpc) is 2.46. The Morgan fingerprint density at radius 2 is 1.63 bits per heavy atom. The van der Waals surface area contributed by atoms with Gasteiger partial charge in [0.15, 0.2) is 5.78 Å². The number of carbonyl (C=O) groups excluding carboxylic acids is 1. The molecule has 0 amide bonds. The molecular formula is C18H14O. The van der Waals surface area contributed by atoms with Crippen molar-refractivity contribution in [2.45, 2.75) is 6.92 Å². The van der Waals surface area contributed by atoms with Crippen LogP contribution in [0.5, 0.6) is 0 Å². The van der Waals surface area contributed by atoms with Gasteiger partial charge in [-0.2, -0.15) is 0 Å². The third-order valence-electron chi connectivity index (χ3n) is 3.32. The molecule has 19 heavy (non-hydrogen) atoms. The van der Waals surface area contributed by atoms with Crippen molar-refractivity contribution in [3.05, 3.63) is 83.4 Å². The van der Waals surface area contributed by atoms with Gasteiger partial charge in [-0.15, -0.1) is 0 Å². The lowest BCUT2D eigenvalue weighted by Crippen LogP contribution is -2.01. The van der Waals surface area contributed by atoms with Gasteiger partial charge in [-0.25, -0.2) is 0 Å². The van der Waals surface area contributed by atoms with E-state index < -0.39 is 0 Å². The van der Waals surface area contributed by atoms with E-state index in [1.807, 2.05) is 60.7 Å². The summed E-state index contributed by atoms with van der Waals surface area (Å²) >= 11 is 0. The normalized spacial score (nSPS) is 10.6. The quantitative estimate of drug-likeness (QED) is 0.613. The van der Waals surface area contributed by atoms with Gasteiger partial charge in [-0.05, 0) is 17.7 Å². The molecule has 0 heterocycles. The van der Waals surface area contributed by atoms with Crippen LogP contribution >= 0.6 is 0 Å². The van der Waals surface area contributed by atoms with E-state index in [1.165, 1.54) is 5.56 Å². The van der Waals surface area contributed by atoms with Gasteiger partial charge < -0.3 is 0 Å². The van der Waals surface area contributed by atoms with E-state index in [-0.39, 0.29) is 5.78 Å². The van der Waals surface area contributed by atoms with E-state index in [0.29, 0.717) is 0 Å². The Kier molecular flexibility index (Phi) is 2.88. The van der Waals surface area contributed by atoms with E-state index >= 15 is 0 Å². The minimum atomic E-state index is 0.0788. The number of hydrogen-bond donors (Lipinski definition) is 0. The summed E-state index contributed by atoms with van der Waals surface area (Å²) in [6.07, 6.45) is 0. The van der Waals surface area contributed by atoms with Crippen LogP contribution < -0.4 is 0 Å². The molecule has 0 aliphatic heterocycles. The lowest BCUT2D eigenvalue weighted by molar-refractivity contribution is 0.104. The van der Waals surface area contributed by atoms with Gasteiger partial charge in [0.05, 0.1) is 0 Å². The second kappa shape index (κ2) is 4.69. The first-order chi connectivity index (χ1) is 9.25. The largest absolute Gasteiger partial charge is 0.289 e. The van der Waals surface area contributed by atoms with Crippen LogP contribution in [0.1, 0.15) is 21.5 Å². The molecular weight excluding hydrogens is 232 g/mol. The number of ketones is 1. The van der Waals surface area contributed by atoms with Gasteiger partial charge in [0.25, 0.3) is 0 Å². The monoisotopic (exact) mass is 246 g/mol. The molecule has 3 rings (SSSR count). The van der Waals surface area contributed by atoms with Crippen LogP contribution in [0.25, 0.3) is 10.8 Å². The standard InChI is InChI=1S/C18H14O/c1-13-10-11-16-15(12-13)8-5-9-17(16)18(19)14-6-3-2-4-7-14/h2-12H,1H3. The molecule has 0 bridgehead atoms. The van der Waals surface area contributed by atoms with Gasteiger partial charge in [-0.3, -0.25) is 4.79 Å². The first-order valence-electron chi connectivity index (χ1n) is 6.35. The fraction of sp³-hybridized carbons (Fsp3) is 0.0556. The Balaban J connectivity index is 2.18. The fourth-order valence-electron chi connectivity index (χ4n) is 2.35. The molecule has 0 spiro atoms. The molecule has 0 N–H and O–H groups in total. The van der Waals surface area contributed by atoms with Crippen molar-refractivity contribution in [3.8, 4) is 0 Å². The topological polar surface area (TPSA) is 17.1 Å². The zero-order valence-electron chi connectivity index (χ0n) is 10.8. The van der Waals surface area contributed by atoms with Gasteiger partial charge in [0.2, 0.25) is 0 Å². The van der Waals surface area contributed by atoms with Crippen molar-refractivity contribution in [1.29, 1.82) is 0 Å². The molecule has 0 aliphatic carbocycles. The van der Waals surface area contributed by atoms with Crippen LogP contribution in [0, 0.1) is 6.92 Å². The number of fused-ring (bicyclic) bond motifs is 1. The van der Waals surface area contributed by atoms with E-state index in [1.54, 1.807) is 0 Å². The minimum absolute atomic E-state index is 0.0788. The van der Waals surface area contributed by atoms with Crippen molar-refractivity contribution in [3.63, 3.8) is 0 Å². The summed E-state index contributed by atoms with van der Waals surface area (Å²) in [4.78, 5) is 12.5. The Morgan fingerprint density at radius 3 is 2.42 bits per heavy atom. The second-order valence-corrected chi connectivity index (χ2v) is 4.73. The van der Waals surface area contributed by atoms with Crippen molar-refractivity contribution < 1.29 is 4.79 Å². The molecule has 3 aromatic carbocycles. The molecule has 0 fully saturated rings. The highest BCUT2D eigenvalue weighted by Gasteiger charge is 2.11. The van der Waals surface area contributed by atoms with E-state index in [2.05, 4.69) is 13.0 Å². The van der Waals surface area contributed by atoms with Gasteiger partial charge in [-0.1, -0.05) is 72.3 Å². The van der Waals surface area contributed by atoms with Crippen molar-refractivity contribution in [1.82, 2.24) is 0 Å². The summed E-state index contributed by atoms with van der Waals surface area (Å²) in [7, 11) is 0. The molecule has 1 heteroatoms. The first-order valence-corrected chi connectivity index (χ1v) is 6.35.